The maximum Gasteiger partial charge on any atom is 0.264 e. The summed E-state index contributed by atoms with van der Waals surface area (Å²) < 4.78 is 2.93. The topological polar surface area (TPSA) is 73.0 Å². The summed E-state index contributed by atoms with van der Waals surface area (Å²) in [7, 11) is 1.74. The third-order valence-corrected chi connectivity index (χ3v) is 4.41. The zero-order chi connectivity index (χ0) is 15.9. The second-order valence-electron chi connectivity index (χ2n) is 6.22. The molecule has 0 aliphatic carbocycles. The molecule has 0 spiro atoms. The van der Waals surface area contributed by atoms with Crippen LogP contribution in [0.15, 0.2) is 17.3 Å². The fraction of sp³-hybridized carbons (Fsp3) is 0.600. The van der Waals surface area contributed by atoms with Gasteiger partial charge in [0.05, 0.1) is 6.20 Å². The molecule has 0 bridgehead atoms. The van der Waals surface area contributed by atoms with Gasteiger partial charge in [-0.2, -0.15) is 5.10 Å². The van der Waals surface area contributed by atoms with Gasteiger partial charge in [0.2, 0.25) is 5.91 Å². The van der Waals surface area contributed by atoms with E-state index in [2.05, 4.69) is 23.9 Å². The SMILES string of the molecule is CC(C)C1CCCN1C(=O)Cn1cnc2c(cnn2C)c1=O. The van der Waals surface area contributed by atoms with Crippen LogP contribution in [0.1, 0.15) is 26.7 Å². The third-order valence-electron chi connectivity index (χ3n) is 4.41. The smallest absolute Gasteiger partial charge is 0.264 e. The van der Waals surface area contributed by atoms with E-state index >= 15 is 0 Å². The minimum atomic E-state index is -0.216. The number of amides is 1. The predicted molar refractivity (Wildman–Crippen MR) is 82.3 cm³/mol. The van der Waals surface area contributed by atoms with Gasteiger partial charge >= 0.3 is 0 Å². The van der Waals surface area contributed by atoms with E-state index in [0.717, 1.165) is 19.4 Å². The Bertz CT molecular complexity index is 761. The van der Waals surface area contributed by atoms with Gasteiger partial charge in [0.25, 0.3) is 5.56 Å². The lowest BCUT2D eigenvalue weighted by Gasteiger charge is -2.27. The minimum Gasteiger partial charge on any atom is -0.338 e. The maximum absolute atomic E-state index is 12.5. The monoisotopic (exact) mass is 303 g/mol. The first-order valence-electron chi connectivity index (χ1n) is 7.65. The molecule has 1 amide bonds. The van der Waals surface area contributed by atoms with Gasteiger partial charge in [0, 0.05) is 19.6 Å². The summed E-state index contributed by atoms with van der Waals surface area (Å²) in [4.78, 5) is 31.1. The number of fused-ring (bicyclic) bond motifs is 1. The summed E-state index contributed by atoms with van der Waals surface area (Å²) in [6.45, 7) is 5.08. The molecule has 1 fully saturated rings. The Labute approximate surface area is 128 Å². The van der Waals surface area contributed by atoms with Crippen molar-refractivity contribution in [1.29, 1.82) is 0 Å². The van der Waals surface area contributed by atoms with Crippen LogP contribution in [0, 0.1) is 5.92 Å². The average molecular weight is 303 g/mol. The summed E-state index contributed by atoms with van der Waals surface area (Å²) in [5.41, 5.74) is 0.321. The van der Waals surface area contributed by atoms with E-state index in [-0.39, 0.29) is 24.1 Å². The Morgan fingerprint density at radius 1 is 1.45 bits per heavy atom. The Kier molecular flexibility index (Phi) is 3.72. The van der Waals surface area contributed by atoms with Gasteiger partial charge in [-0.15, -0.1) is 0 Å². The van der Waals surface area contributed by atoms with Crippen LogP contribution < -0.4 is 5.56 Å². The molecule has 3 heterocycles. The maximum atomic E-state index is 12.5. The second kappa shape index (κ2) is 5.55. The van der Waals surface area contributed by atoms with Crippen LogP contribution in [0.2, 0.25) is 0 Å². The van der Waals surface area contributed by atoms with Crippen molar-refractivity contribution >= 4 is 16.9 Å². The van der Waals surface area contributed by atoms with E-state index in [0.29, 0.717) is 17.0 Å². The Balaban J connectivity index is 1.85. The molecule has 7 nitrogen and oxygen atoms in total. The first-order valence-corrected chi connectivity index (χ1v) is 7.65. The van der Waals surface area contributed by atoms with Crippen LogP contribution in [0.5, 0.6) is 0 Å². The number of carbonyl (C=O) groups is 1. The highest BCUT2D eigenvalue weighted by molar-refractivity contribution is 5.77. The van der Waals surface area contributed by atoms with Crippen molar-refractivity contribution in [2.24, 2.45) is 13.0 Å². The molecule has 3 rings (SSSR count). The van der Waals surface area contributed by atoms with Gasteiger partial charge in [-0.25, -0.2) is 4.98 Å². The lowest BCUT2D eigenvalue weighted by Crippen LogP contribution is -2.41. The molecule has 118 valence electrons. The summed E-state index contributed by atoms with van der Waals surface area (Å²) in [5.74, 6) is 0.422. The number of aromatic nitrogens is 4. The molecule has 2 aromatic rings. The molecular weight excluding hydrogens is 282 g/mol. The summed E-state index contributed by atoms with van der Waals surface area (Å²) >= 11 is 0. The van der Waals surface area contributed by atoms with Crippen LogP contribution in [0.25, 0.3) is 11.0 Å². The van der Waals surface area contributed by atoms with Crippen molar-refractivity contribution in [1.82, 2.24) is 24.2 Å². The Morgan fingerprint density at radius 2 is 2.23 bits per heavy atom. The highest BCUT2D eigenvalue weighted by atomic mass is 16.2. The number of carbonyl (C=O) groups excluding carboxylic acids is 1. The number of hydrogen-bond donors (Lipinski definition) is 0. The van der Waals surface area contributed by atoms with Gasteiger partial charge in [-0.3, -0.25) is 18.8 Å². The first kappa shape index (κ1) is 14.7. The highest BCUT2D eigenvalue weighted by Crippen LogP contribution is 2.23. The molecule has 2 aromatic heterocycles. The molecule has 1 unspecified atom stereocenters. The zero-order valence-corrected chi connectivity index (χ0v) is 13.2. The molecule has 22 heavy (non-hydrogen) atoms. The molecule has 1 atom stereocenters. The summed E-state index contributed by atoms with van der Waals surface area (Å²) in [5, 5.41) is 4.48. The zero-order valence-electron chi connectivity index (χ0n) is 13.2. The number of hydrogen-bond acceptors (Lipinski definition) is 4. The van der Waals surface area contributed by atoms with Gasteiger partial charge < -0.3 is 4.90 Å². The first-order chi connectivity index (χ1) is 10.5. The molecule has 1 aliphatic rings. The largest absolute Gasteiger partial charge is 0.338 e. The van der Waals surface area contributed by atoms with Crippen LogP contribution >= 0.6 is 0 Å². The van der Waals surface area contributed by atoms with Gasteiger partial charge in [0.1, 0.15) is 18.3 Å². The van der Waals surface area contributed by atoms with E-state index < -0.39 is 0 Å². The van der Waals surface area contributed by atoms with Crippen LogP contribution in [-0.2, 0) is 18.4 Å². The van der Waals surface area contributed by atoms with E-state index in [1.807, 2.05) is 4.90 Å². The van der Waals surface area contributed by atoms with Crippen molar-refractivity contribution in [3.8, 4) is 0 Å². The Hall–Kier alpha value is -2.18. The average Bonchev–Trinajstić information content (AvgIpc) is 3.09. The van der Waals surface area contributed by atoms with Crippen molar-refractivity contribution in [2.45, 2.75) is 39.3 Å². The van der Waals surface area contributed by atoms with Crippen molar-refractivity contribution in [3.63, 3.8) is 0 Å². The van der Waals surface area contributed by atoms with Crippen molar-refractivity contribution in [3.05, 3.63) is 22.9 Å². The standard InChI is InChI=1S/C15H21N5O2/c1-10(2)12-5-4-6-20(12)13(21)8-19-9-16-14-11(15(19)22)7-17-18(14)3/h7,9-10,12H,4-6,8H2,1-3H3. The van der Waals surface area contributed by atoms with Gasteiger partial charge in [-0.1, -0.05) is 13.8 Å². The van der Waals surface area contributed by atoms with Crippen LogP contribution in [0.4, 0.5) is 0 Å². The van der Waals surface area contributed by atoms with E-state index in [1.54, 1.807) is 11.7 Å². The van der Waals surface area contributed by atoms with Gasteiger partial charge in [0.15, 0.2) is 5.65 Å². The summed E-state index contributed by atoms with van der Waals surface area (Å²) in [6, 6.07) is 0.276. The normalized spacial score (nSPS) is 18.5. The Morgan fingerprint density at radius 3 is 2.95 bits per heavy atom. The minimum absolute atomic E-state index is 0.0108. The summed E-state index contributed by atoms with van der Waals surface area (Å²) in [6.07, 6.45) is 5.00. The fourth-order valence-electron chi connectivity index (χ4n) is 3.21. The molecule has 7 heteroatoms. The quantitative estimate of drug-likeness (QED) is 0.840. The number of aryl methyl sites for hydroxylation is 1. The van der Waals surface area contributed by atoms with E-state index in [4.69, 9.17) is 0 Å². The van der Waals surface area contributed by atoms with Gasteiger partial charge in [-0.05, 0) is 18.8 Å². The van der Waals surface area contributed by atoms with Crippen molar-refractivity contribution in [2.75, 3.05) is 6.54 Å². The molecular formula is C15H21N5O2. The molecule has 0 aromatic carbocycles. The predicted octanol–water partition coefficient (Wildman–Crippen LogP) is 0.777. The second-order valence-corrected chi connectivity index (χ2v) is 6.22. The van der Waals surface area contributed by atoms with E-state index in [1.165, 1.54) is 17.1 Å². The molecule has 1 aliphatic heterocycles. The fourth-order valence-corrected chi connectivity index (χ4v) is 3.21. The van der Waals surface area contributed by atoms with E-state index in [9.17, 15) is 9.59 Å². The highest BCUT2D eigenvalue weighted by Gasteiger charge is 2.30. The number of nitrogens with zero attached hydrogens (tertiary/aromatic N) is 5. The molecule has 0 N–H and O–H groups in total. The number of likely N-dealkylation sites (tertiary alicyclic amines) is 1. The lowest BCUT2D eigenvalue weighted by atomic mass is 10.0. The van der Waals surface area contributed by atoms with Crippen molar-refractivity contribution < 1.29 is 4.79 Å². The van der Waals surface area contributed by atoms with Crippen LogP contribution in [0.3, 0.4) is 0 Å². The third kappa shape index (κ3) is 2.40. The van der Waals surface area contributed by atoms with Crippen LogP contribution in [-0.4, -0.2) is 42.7 Å². The molecule has 0 radical (unpaired) electrons. The lowest BCUT2D eigenvalue weighted by molar-refractivity contribution is -0.133. The number of rotatable bonds is 3. The molecule has 0 saturated carbocycles. The molecule has 1 saturated heterocycles.